The molecular weight excluding hydrogens is 531 g/mol. The number of rotatable bonds is 6. The first-order valence-corrected chi connectivity index (χ1v) is 14.1. The first-order chi connectivity index (χ1) is 20.1. The average molecular weight is 565 g/mol. The third-order valence-corrected chi connectivity index (χ3v) is 7.48. The second-order valence-electron chi connectivity index (χ2n) is 11.7. The SMILES string of the molecule is Cc1cn2cc(-c3cccc(-c4ccccc4F)c3)nc2c(-c2ccc3c(c2)CCCO3)c1[C@H](OC(C)(C)C)C(=O)O. The lowest BCUT2D eigenvalue weighted by Gasteiger charge is -2.28. The minimum Gasteiger partial charge on any atom is -0.493 e. The number of imidazole rings is 1. The Morgan fingerprint density at radius 1 is 1.02 bits per heavy atom. The lowest BCUT2D eigenvalue weighted by atomic mass is 9.91. The van der Waals surface area contributed by atoms with E-state index in [-0.39, 0.29) is 5.82 Å². The van der Waals surface area contributed by atoms with E-state index in [9.17, 15) is 14.3 Å². The van der Waals surface area contributed by atoms with Crippen molar-refractivity contribution in [1.82, 2.24) is 9.38 Å². The summed E-state index contributed by atoms with van der Waals surface area (Å²) >= 11 is 0. The number of carboxylic acid groups (broad SMARTS) is 1. The maximum Gasteiger partial charge on any atom is 0.337 e. The maximum absolute atomic E-state index is 14.6. The van der Waals surface area contributed by atoms with Gasteiger partial charge in [-0.25, -0.2) is 14.2 Å². The summed E-state index contributed by atoms with van der Waals surface area (Å²) in [4.78, 5) is 17.8. The average Bonchev–Trinajstić information content (AvgIpc) is 3.38. The minimum atomic E-state index is -1.21. The molecule has 0 spiro atoms. The van der Waals surface area contributed by atoms with E-state index in [1.165, 1.54) is 6.07 Å². The number of pyridine rings is 1. The second-order valence-corrected chi connectivity index (χ2v) is 11.7. The second kappa shape index (κ2) is 10.7. The molecule has 3 aromatic carbocycles. The molecule has 1 aliphatic rings. The van der Waals surface area contributed by atoms with Gasteiger partial charge in [-0.2, -0.15) is 0 Å². The molecule has 0 bridgehead atoms. The molecule has 0 saturated carbocycles. The molecule has 1 N–H and O–H groups in total. The first kappa shape index (κ1) is 27.7. The highest BCUT2D eigenvalue weighted by atomic mass is 19.1. The van der Waals surface area contributed by atoms with Crippen molar-refractivity contribution in [1.29, 1.82) is 0 Å². The molecule has 0 aliphatic carbocycles. The molecule has 6 rings (SSSR count). The van der Waals surface area contributed by atoms with Gasteiger partial charge in [0.05, 0.1) is 17.9 Å². The van der Waals surface area contributed by atoms with Gasteiger partial charge in [-0.3, -0.25) is 0 Å². The Morgan fingerprint density at radius 2 is 1.81 bits per heavy atom. The number of hydrogen-bond acceptors (Lipinski definition) is 4. The molecular formula is C35H33FN2O4. The highest BCUT2D eigenvalue weighted by Gasteiger charge is 2.32. The molecule has 3 heterocycles. The Morgan fingerprint density at radius 3 is 2.57 bits per heavy atom. The van der Waals surface area contributed by atoms with Crippen molar-refractivity contribution < 1.29 is 23.8 Å². The number of aryl methyl sites for hydroxylation is 2. The Hall–Kier alpha value is -4.49. The van der Waals surface area contributed by atoms with Gasteiger partial charge in [-0.05, 0) is 87.1 Å². The molecule has 0 amide bonds. The Kier molecular flexibility index (Phi) is 7.07. The molecule has 214 valence electrons. The minimum absolute atomic E-state index is 0.290. The molecule has 1 aliphatic heterocycles. The number of carbonyl (C=O) groups is 1. The summed E-state index contributed by atoms with van der Waals surface area (Å²) in [6, 6.07) is 20.3. The number of carboxylic acids is 1. The number of fused-ring (bicyclic) bond motifs is 2. The highest BCUT2D eigenvalue weighted by molar-refractivity contribution is 5.89. The van der Waals surface area contributed by atoms with Gasteiger partial charge in [0.2, 0.25) is 0 Å². The fourth-order valence-electron chi connectivity index (χ4n) is 5.68. The van der Waals surface area contributed by atoms with Crippen LogP contribution in [0, 0.1) is 12.7 Å². The quantitative estimate of drug-likeness (QED) is 0.226. The predicted molar refractivity (Wildman–Crippen MR) is 161 cm³/mol. The lowest BCUT2D eigenvalue weighted by Crippen LogP contribution is -2.28. The zero-order valence-electron chi connectivity index (χ0n) is 24.1. The van der Waals surface area contributed by atoms with E-state index >= 15 is 0 Å². The van der Waals surface area contributed by atoms with Crippen LogP contribution in [-0.4, -0.2) is 32.7 Å². The van der Waals surface area contributed by atoms with Crippen LogP contribution in [0.5, 0.6) is 5.75 Å². The van der Waals surface area contributed by atoms with Gasteiger partial charge in [0, 0.05) is 34.6 Å². The largest absolute Gasteiger partial charge is 0.493 e. The standard InChI is InChI=1S/C35H33FN2O4/c1-21-19-38-20-28(23-10-7-9-22(17-23)26-12-5-6-13-27(26)36)37-33(38)31(30(21)32(34(39)40)42-35(2,3)4)25-14-15-29-24(18-25)11-8-16-41-29/h5-7,9-10,12-15,17-20,32H,8,11,16H2,1-4H3,(H,39,40)/t32-/m0/s1. The van der Waals surface area contributed by atoms with Crippen LogP contribution in [0.4, 0.5) is 4.39 Å². The van der Waals surface area contributed by atoms with E-state index in [4.69, 9.17) is 14.5 Å². The zero-order valence-corrected chi connectivity index (χ0v) is 24.1. The fraction of sp³-hybridized carbons (Fsp3) is 0.257. The summed E-state index contributed by atoms with van der Waals surface area (Å²) in [7, 11) is 0. The van der Waals surface area contributed by atoms with Gasteiger partial charge in [-0.15, -0.1) is 0 Å². The summed E-state index contributed by atoms with van der Waals surface area (Å²) in [6.07, 6.45) is 4.42. The Balaban J connectivity index is 1.58. The number of nitrogens with zero attached hydrogens (tertiary/aromatic N) is 2. The van der Waals surface area contributed by atoms with Crippen molar-refractivity contribution >= 4 is 11.6 Å². The lowest BCUT2D eigenvalue weighted by molar-refractivity contribution is -0.160. The molecule has 42 heavy (non-hydrogen) atoms. The summed E-state index contributed by atoms with van der Waals surface area (Å²) < 4.78 is 28.6. The van der Waals surface area contributed by atoms with Gasteiger partial charge in [0.1, 0.15) is 17.2 Å². The Labute approximate surface area is 244 Å². The van der Waals surface area contributed by atoms with Crippen LogP contribution in [0.1, 0.15) is 50.0 Å². The smallest absolute Gasteiger partial charge is 0.337 e. The highest BCUT2D eigenvalue weighted by Crippen LogP contribution is 2.41. The first-order valence-electron chi connectivity index (χ1n) is 14.1. The van der Waals surface area contributed by atoms with E-state index in [2.05, 4.69) is 6.07 Å². The van der Waals surface area contributed by atoms with Gasteiger partial charge in [0.25, 0.3) is 0 Å². The van der Waals surface area contributed by atoms with Gasteiger partial charge in [0.15, 0.2) is 6.10 Å². The Bertz CT molecular complexity index is 1820. The van der Waals surface area contributed by atoms with Crippen LogP contribution in [-0.2, 0) is 16.0 Å². The molecule has 5 aromatic rings. The van der Waals surface area contributed by atoms with Crippen LogP contribution < -0.4 is 4.74 Å². The monoisotopic (exact) mass is 564 g/mol. The normalized spacial score (nSPS) is 13.9. The van der Waals surface area contributed by atoms with Crippen molar-refractivity contribution in [3.63, 3.8) is 0 Å². The number of hydrogen-bond donors (Lipinski definition) is 1. The molecule has 0 unspecified atom stereocenters. The third-order valence-electron chi connectivity index (χ3n) is 7.48. The van der Waals surface area contributed by atoms with Crippen molar-refractivity contribution in [2.24, 2.45) is 0 Å². The van der Waals surface area contributed by atoms with Crippen LogP contribution in [0.25, 0.3) is 39.2 Å². The summed E-state index contributed by atoms with van der Waals surface area (Å²) in [5.74, 6) is -0.503. The van der Waals surface area contributed by atoms with E-state index in [1.54, 1.807) is 12.1 Å². The van der Waals surface area contributed by atoms with E-state index in [1.807, 2.05) is 87.0 Å². The van der Waals surface area contributed by atoms with Crippen molar-refractivity contribution in [2.75, 3.05) is 6.61 Å². The summed E-state index contributed by atoms with van der Waals surface area (Å²) in [5.41, 5.74) is 6.67. The van der Waals surface area contributed by atoms with Gasteiger partial charge < -0.3 is 19.0 Å². The number of halogens is 1. The molecule has 0 radical (unpaired) electrons. The van der Waals surface area contributed by atoms with E-state index in [0.29, 0.717) is 34.6 Å². The van der Waals surface area contributed by atoms with E-state index < -0.39 is 17.7 Å². The van der Waals surface area contributed by atoms with Crippen molar-refractivity contribution in [3.05, 3.63) is 102 Å². The molecule has 2 aromatic heterocycles. The summed E-state index contributed by atoms with van der Waals surface area (Å²) in [6.45, 7) is 8.14. The van der Waals surface area contributed by atoms with Gasteiger partial charge in [-0.1, -0.05) is 42.5 Å². The van der Waals surface area contributed by atoms with Crippen LogP contribution in [0.15, 0.2) is 79.1 Å². The summed E-state index contributed by atoms with van der Waals surface area (Å²) in [5, 5.41) is 10.4. The van der Waals surface area contributed by atoms with Crippen LogP contribution in [0.3, 0.4) is 0 Å². The molecule has 0 fully saturated rings. The van der Waals surface area contributed by atoms with Crippen molar-refractivity contribution in [2.45, 2.75) is 52.2 Å². The third kappa shape index (κ3) is 5.28. The number of aliphatic carboxylic acids is 1. The van der Waals surface area contributed by atoms with Crippen molar-refractivity contribution in [3.8, 4) is 39.3 Å². The molecule has 1 atom stereocenters. The zero-order chi connectivity index (χ0) is 29.6. The molecule has 7 heteroatoms. The topological polar surface area (TPSA) is 73.1 Å². The van der Waals surface area contributed by atoms with E-state index in [0.717, 1.165) is 46.4 Å². The number of ether oxygens (including phenoxy) is 2. The number of benzene rings is 3. The maximum atomic E-state index is 14.6. The predicted octanol–water partition coefficient (Wildman–Crippen LogP) is 8.05. The fourth-order valence-corrected chi connectivity index (χ4v) is 5.68. The van der Waals surface area contributed by atoms with Crippen LogP contribution >= 0.6 is 0 Å². The van der Waals surface area contributed by atoms with Gasteiger partial charge >= 0.3 is 5.97 Å². The molecule has 6 nitrogen and oxygen atoms in total. The number of aromatic nitrogens is 2. The molecule has 0 saturated heterocycles. The van der Waals surface area contributed by atoms with Crippen LogP contribution in [0.2, 0.25) is 0 Å².